The Morgan fingerprint density at radius 1 is 0.531 bits per heavy atom. The van der Waals surface area contributed by atoms with Crippen LogP contribution in [0.25, 0.3) is 0 Å². The number of rotatable bonds is 22. The Hall–Kier alpha value is -5.86. The van der Waals surface area contributed by atoms with Gasteiger partial charge in [-0.25, -0.2) is 0 Å². The van der Waals surface area contributed by atoms with Crippen LogP contribution in [-0.2, 0) is 57.5 Å². The van der Waals surface area contributed by atoms with Crippen LogP contribution in [0.1, 0.15) is 182 Å². The van der Waals surface area contributed by atoms with Gasteiger partial charge in [-0.2, -0.15) is 11.8 Å². The van der Waals surface area contributed by atoms with Crippen LogP contribution in [0.5, 0.6) is 0 Å². The molecule has 0 bridgehead atoms. The van der Waals surface area contributed by atoms with E-state index < -0.39 is 161 Å². The van der Waals surface area contributed by atoms with Crippen molar-refractivity contribution in [3.05, 3.63) is 12.2 Å². The number of likely N-dealkylation sites (N-methyl/N-ethyl adjacent to an activating group) is 7. The average molecular weight is 1400 g/mol. The molecule has 26 heteroatoms. The molecule has 0 spiro atoms. The lowest BCUT2D eigenvalue weighted by atomic mass is 9.91. The Balaban J connectivity index is 3.13. The van der Waals surface area contributed by atoms with Crippen molar-refractivity contribution < 1.29 is 62.6 Å². The number of thioether (sulfide) groups is 1. The predicted octanol–water partition coefficient (Wildman–Crippen LogP) is 5.02. The number of amides is 11. The molecule has 2 rings (SSSR count). The second kappa shape index (κ2) is 41.2. The summed E-state index contributed by atoms with van der Waals surface area (Å²) < 4.78 is 5.87. The largest absolute Gasteiger partial charge is 0.390 e. The van der Waals surface area contributed by atoms with E-state index in [1.807, 2.05) is 54.5 Å². The summed E-state index contributed by atoms with van der Waals surface area (Å²) in [7, 11) is 11.6. The molecule has 5 N–H and O–H groups in total. The molecule has 98 heavy (non-hydrogen) atoms. The first kappa shape index (κ1) is 88.2. The zero-order valence-electron chi connectivity index (χ0n) is 64.5. The van der Waals surface area contributed by atoms with E-state index in [2.05, 4.69) is 26.2 Å². The molecule has 2 heterocycles. The van der Waals surface area contributed by atoms with Gasteiger partial charge in [0.05, 0.1) is 11.7 Å². The summed E-state index contributed by atoms with van der Waals surface area (Å²) in [5.41, 5.74) is -1.04. The number of methoxy groups -OCH3 is 1. The molecule has 2 fully saturated rings. The van der Waals surface area contributed by atoms with Crippen LogP contribution in [0.3, 0.4) is 0 Å². The minimum atomic E-state index is -1.64. The number of nitrogens with one attached hydrogen (secondary N) is 4. The van der Waals surface area contributed by atoms with Crippen molar-refractivity contribution in [3.63, 3.8) is 0 Å². The van der Waals surface area contributed by atoms with Gasteiger partial charge in [-0.3, -0.25) is 52.7 Å². The van der Waals surface area contributed by atoms with Gasteiger partial charge in [-0.15, -0.1) is 0 Å². The smallest absolute Gasteiger partial charge is 0.246 e. The van der Waals surface area contributed by atoms with Crippen molar-refractivity contribution in [3.8, 4) is 0 Å². The van der Waals surface area contributed by atoms with Gasteiger partial charge >= 0.3 is 0 Å². The van der Waals surface area contributed by atoms with E-state index in [4.69, 9.17) is 4.74 Å². The van der Waals surface area contributed by atoms with Gasteiger partial charge < -0.3 is 70.3 Å². The summed E-state index contributed by atoms with van der Waals surface area (Å²) in [5, 5.41) is 23.6. The molecule has 2 aliphatic heterocycles. The fraction of sp³-hybridized carbons (Fsp3) is 0.819. The third kappa shape index (κ3) is 25.3. The Morgan fingerprint density at radius 2 is 0.990 bits per heavy atom. The summed E-state index contributed by atoms with van der Waals surface area (Å²) in [4.78, 5) is 176. The highest BCUT2D eigenvalue weighted by molar-refractivity contribution is 7.99. The van der Waals surface area contributed by atoms with Crippen LogP contribution in [0.2, 0.25) is 0 Å². The van der Waals surface area contributed by atoms with E-state index in [0.717, 1.165) is 43.8 Å². The number of allylic oxidation sites excluding steroid dienone is 2. The lowest BCUT2D eigenvalue weighted by Gasteiger charge is -2.41. The number of hydrogen-bond acceptors (Lipinski definition) is 15. The molecular formula is C72H130N12O13S. The van der Waals surface area contributed by atoms with E-state index in [-0.39, 0.29) is 55.6 Å². The zero-order valence-corrected chi connectivity index (χ0v) is 65.3. The molecule has 0 radical (unpaired) electrons. The van der Waals surface area contributed by atoms with Crippen molar-refractivity contribution in [1.29, 1.82) is 0 Å². The Labute approximate surface area is 592 Å². The highest BCUT2D eigenvalue weighted by Crippen LogP contribution is 2.28. The first-order chi connectivity index (χ1) is 45.5. The zero-order chi connectivity index (χ0) is 75.1. The van der Waals surface area contributed by atoms with E-state index in [0.29, 0.717) is 12.2 Å². The molecule has 0 aromatic carbocycles. The van der Waals surface area contributed by atoms with E-state index >= 15 is 33.6 Å². The summed E-state index contributed by atoms with van der Waals surface area (Å²) in [5.74, 6) is -9.11. The van der Waals surface area contributed by atoms with Crippen molar-refractivity contribution in [2.45, 2.75) is 260 Å². The summed E-state index contributed by atoms with van der Waals surface area (Å²) in [6.45, 7) is 32.7. The maximum Gasteiger partial charge on any atom is 0.246 e. The minimum Gasteiger partial charge on any atom is -0.390 e. The summed E-state index contributed by atoms with van der Waals surface area (Å²) in [6, 6.07) is -14.0. The minimum absolute atomic E-state index is 0.000565. The highest BCUT2D eigenvalue weighted by atomic mass is 32.2. The van der Waals surface area contributed by atoms with Crippen LogP contribution in [0, 0.1) is 35.5 Å². The number of aliphatic hydroxyl groups is 1. The Kier molecular flexibility index (Phi) is 37.1. The fourth-order valence-corrected chi connectivity index (χ4v) is 13.9. The molecule has 13 atom stereocenters. The molecule has 0 unspecified atom stereocenters. The quantitative estimate of drug-likeness (QED) is 0.0703. The molecule has 25 nitrogen and oxygen atoms in total. The average Bonchev–Trinajstić information content (AvgIpc) is 0.811. The monoisotopic (exact) mass is 1400 g/mol. The molecule has 0 aromatic heterocycles. The fourth-order valence-electron chi connectivity index (χ4n) is 12.8. The number of aliphatic hydroxyl groups excluding tert-OH is 1. The molecule has 2 saturated heterocycles. The highest BCUT2D eigenvalue weighted by Gasteiger charge is 2.47. The normalized spacial score (nSPS) is 26.9. The third-order valence-corrected chi connectivity index (χ3v) is 20.5. The van der Waals surface area contributed by atoms with Gasteiger partial charge in [0, 0.05) is 68.6 Å². The second-order valence-electron chi connectivity index (χ2n) is 30.2. The maximum absolute atomic E-state index is 15.6. The first-order valence-corrected chi connectivity index (χ1v) is 36.9. The van der Waals surface area contributed by atoms with Crippen LogP contribution >= 0.6 is 11.8 Å². The number of ether oxygens (including phenoxy) is 1. The van der Waals surface area contributed by atoms with Crippen molar-refractivity contribution in [2.24, 2.45) is 35.5 Å². The number of carbonyl (C=O) groups excluding carboxylic acids is 11. The van der Waals surface area contributed by atoms with Gasteiger partial charge in [-0.05, 0) is 147 Å². The molecule has 562 valence electrons. The van der Waals surface area contributed by atoms with Crippen LogP contribution < -0.4 is 21.3 Å². The molecule has 2 aliphatic rings. The standard InChI is InChI=1S/C72H130N12O13S/c1-26-28-33-48(13)60(85)59-64(89)75-51(27-2)66(91)81(22)56(42-98-37-32-36-84-34-30-29-31-35-84)69(94)80(21)55(41-72(16,17)97-25)63(88)76-57(46(9)10)70(95)77(18)52(38-43(3)4)62(87)73-49(14)61(86)74-50(15)65(90)78(19)53(39-44(5)6)67(92)79(20)54(40-45(7)8)68(93)82(23)58(47(11)12)71(96)83(59)24/h26,28,43-60,85H,27,29-42H2,1-25H3,(H,73,87)(H,74,86)(H,75,89)(H,76,88)/t48-,49+,50-,51+,52+,53+,54+,55+,56-,57+,58+,59+,60-/m1/s1. The topological polar surface area (TPSA) is 291 Å². The van der Waals surface area contributed by atoms with Gasteiger partial charge in [0.15, 0.2) is 0 Å². The van der Waals surface area contributed by atoms with E-state index in [9.17, 15) is 24.3 Å². The Bertz CT molecular complexity index is 2670. The van der Waals surface area contributed by atoms with Crippen molar-refractivity contribution >= 4 is 76.7 Å². The third-order valence-electron chi connectivity index (χ3n) is 19.4. The maximum atomic E-state index is 15.6. The van der Waals surface area contributed by atoms with Gasteiger partial charge in [0.25, 0.3) is 0 Å². The van der Waals surface area contributed by atoms with Gasteiger partial charge in [-0.1, -0.05) is 102 Å². The van der Waals surface area contributed by atoms with Gasteiger partial charge in [0.2, 0.25) is 65.0 Å². The van der Waals surface area contributed by atoms with Gasteiger partial charge in [0.1, 0.15) is 66.5 Å². The van der Waals surface area contributed by atoms with Crippen LogP contribution in [-0.4, -0.2) is 275 Å². The van der Waals surface area contributed by atoms with E-state index in [1.165, 1.54) is 118 Å². The molecule has 0 saturated carbocycles. The lowest BCUT2D eigenvalue weighted by molar-refractivity contribution is -0.157. The number of hydrogen-bond donors (Lipinski definition) is 5. The number of nitrogens with zero attached hydrogens (tertiary/aromatic N) is 8. The molecule has 11 amide bonds. The predicted molar refractivity (Wildman–Crippen MR) is 386 cm³/mol. The molecular weight excluding hydrogens is 1270 g/mol. The molecule has 0 aromatic rings. The SMILES string of the molecule is CC=CC[C@@H](C)[C@@H](O)[C@H]1C(=O)N[C@@H](CC)C(=O)N(C)[C@H](CSCCCN2CCCCC2)C(=O)N(C)[C@@H](CC(C)(C)OC)C(=O)N[C@@H](C(C)C)C(=O)N(C)[C@@H](CC(C)C)C(=O)N[C@@H](C)C(=O)N[C@H](C)C(=O)N(C)[C@@H](CC(C)C)C(=O)N(C)[C@@H](CC(C)C)C(=O)N(C)[C@@H](C(C)C)C(=O)N1C. The van der Waals surface area contributed by atoms with Crippen LogP contribution in [0.4, 0.5) is 0 Å². The lowest BCUT2D eigenvalue weighted by Crippen LogP contribution is -2.64. The van der Waals surface area contributed by atoms with Crippen molar-refractivity contribution in [1.82, 2.24) is 60.5 Å². The van der Waals surface area contributed by atoms with E-state index in [1.54, 1.807) is 61.5 Å². The first-order valence-electron chi connectivity index (χ1n) is 35.8. The summed E-state index contributed by atoms with van der Waals surface area (Å²) in [6.07, 6.45) is 6.95. The van der Waals surface area contributed by atoms with Crippen molar-refractivity contribution in [2.75, 3.05) is 87.6 Å². The van der Waals surface area contributed by atoms with Crippen LogP contribution in [0.15, 0.2) is 12.2 Å². The molecule has 0 aliphatic carbocycles. The number of likely N-dealkylation sites (tertiary alicyclic amines) is 1. The number of piperidine rings is 1. The second-order valence-corrected chi connectivity index (χ2v) is 31.3. The number of carbonyl (C=O) groups is 11. The Morgan fingerprint density at radius 3 is 1.49 bits per heavy atom. The summed E-state index contributed by atoms with van der Waals surface area (Å²) >= 11 is 1.47.